The van der Waals surface area contributed by atoms with Crippen LogP contribution in [0.3, 0.4) is 0 Å². The Morgan fingerprint density at radius 3 is 2.40 bits per heavy atom. The Balaban J connectivity index is 2.12. The first kappa shape index (κ1) is 15.1. The Kier molecular flexibility index (Phi) is 4.86. The summed E-state index contributed by atoms with van der Waals surface area (Å²) in [7, 11) is 0. The van der Waals surface area contributed by atoms with Gasteiger partial charge in [-0.25, -0.2) is 4.79 Å². The van der Waals surface area contributed by atoms with E-state index in [1.165, 1.54) is 0 Å². The molecule has 1 aliphatic carbocycles. The zero-order valence-corrected chi connectivity index (χ0v) is 12.2. The number of ether oxygens (including phenoxy) is 1. The number of carboxylic acids is 1. The van der Waals surface area contributed by atoms with E-state index < -0.39 is 11.9 Å². The molecule has 0 aromatic rings. The fourth-order valence-corrected chi connectivity index (χ4v) is 2.83. The standard InChI is InChI=1S/C14H24N2O4/c1-3-7-16(12-9-20-8-11(12)13(17)18)14(19)15(4-2)10-5-6-10/h10-12H,3-9H2,1-2H3,(H,17,18). The zero-order chi connectivity index (χ0) is 14.7. The van der Waals surface area contributed by atoms with E-state index in [9.17, 15) is 14.7 Å². The molecule has 114 valence electrons. The molecule has 1 heterocycles. The van der Waals surface area contributed by atoms with Crippen LogP contribution in [0, 0.1) is 5.92 Å². The molecule has 20 heavy (non-hydrogen) atoms. The van der Waals surface area contributed by atoms with Crippen LogP contribution >= 0.6 is 0 Å². The highest BCUT2D eigenvalue weighted by molar-refractivity contribution is 5.78. The summed E-state index contributed by atoms with van der Waals surface area (Å²) in [6.07, 6.45) is 2.93. The second-order valence-corrected chi connectivity index (χ2v) is 5.54. The van der Waals surface area contributed by atoms with Gasteiger partial charge in [0.1, 0.15) is 5.92 Å². The van der Waals surface area contributed by atoms with Crippen molar-refractivity contribution in [2.75, 3.05) is 26.3 Å². The van der Waals surface area contributed by atoms with Crippen LogP contribution in [0.4, 0.5) is 4.79 Å². The third-order valence-electron chi connectivity index (χ3n) is 4.05. The minimum atomic E-state index is -0.879. The molecule has 6 nitrogen and oxygen atoms in total. The van der Waals surface area contributed by atoms with Crippen molar-refractivity contribution >= 4 is 12.0 Å². The van der Waals surface area contributed by atoms with Crippen molar-refractivity contribution < 1.29 is 19.4 Å². The summed E-state index contributed by atoms with van der Waals surface area (Å²) in [5, 5.41) is 9.27. The lowest BCUT2D eigenvalue weighted by Crippen LogP contribution is -2.52. The van der Waals surface area contributed by atoms with Crippen LogP contribution in [0.1, 0.15) is 33.1 Å². The Morgan fingerprint density at radius 1 is 1.20 bits per heavy atom. The molecule has 0 aromatic carbocycles. The van der Waals surface area contributed by atoms with Gasteiger partial charge in [0.15, 0.2) is 0 Å². The molecule has 1 N–H and O–H groups in total. The average Bonchev–Trinajstić information content (AvgIpc) is 3.12. The third kappa shape index (κ3) is 3.06. The second kappa shape index (κ2) is 6.43. The van der Waals surface area contributed by atoms with Crippen LogP contribution in [0.2, 0.25) is 0 Å². The zero-order valence-electron chi connectivity index (χ0n) is 12.2. The van der Waals surface area contributed by atoms with E-state index in [1.807, 2.05) is 18.7 Å². The number of rotatable bonds is 6. The number of carbonyl (C=O) groups is 2. The first-order valence-electron chi connectivity index (χ1n) is 7.47. The minimum absolute atomic E-state index is 0.0291. The van der Waals surface area contributed by atoms with E-state index in [-0.39, 0.29) is 18.7 Å². The second-order valence-electron chi connectivity index (χ2n) is 5.54. The van der Waals surface area contributed by atoms with Crippen molar-refractivity contribution in [1.82, 2.24) is 9.80 Å². The molecular weight excluding hydrogens is 260 g/mol. The summed E-state index contributed by atoms with van der Waals surface area (Å²) < 4.78 is 5.30. The molecule has 2 aliphatic rings. The number of hydrogen-bond acceptors (Lipinski definition) is 3. The first-order valence-corrected chi connectivity index (χ1v) is 7.47. The molecule has 1 saturated carbocycles. The predicted octanol–water partition coefficient (Wildman–Crippen LogP) is 1.40. The van der Waals surface area contributed by atoms with Gasteiger partial charge >= 0.3 is 12.0 Å². The molecule has 2 atom stereocenters. The monoisotopic (exact) mass is 284 g/mol. The molecule has 2 amide bonds. The highest BCUT2D eigenvalue weighted by Gasteiger charge is 2.42. The number of urea groups is 1. The lowest BCUT2D eigenvalue weighted by atomic mass is 10.0. The van der Waals surface area contributed by atoms with E-state index in [0.717, 1.165) is 19.3 Å². The van der Waals surface area contributed by atoms with Crippen molar-refractivity contribution in [1.29, 1.82) is 0 Å². The molecule has 0 bridgehead atoms. The number of amides is 2. The van der Waals surface area contributed by atoms with E-state index in [2.05, 4.69) is 0 Å². The normalized spacial score (nSPS) is 25.5. The summed E-state index contributed by atoms with van der Waals surface area (Å²) in [5.41, 5.74) is 0. The number of carboxylic acid groups (broad SMARTS) is 1. The van der Waals surface area contributed by atoms with Gasteiger partial charge in [-0.3, -0.25) is 4.79 Å². The Hall–Kier alpha value is -1.30. The number of hydrogen-bond donors (Lipinski definition) is 1. The highest BCUT2D eigenvalue weighted by atomic mass is 16.5. The SMILES string of the molecule is CCCN(C(=O)N(CC)C1CC1)C1COCC1C(=O)O. The lowest BCUT2D eigenvalue weighted by Gasteiger charge is -2.35. The maximum atomic E-state index is 12.7. The average molecular weight is 284 g/mol. The quantitative estimate of drug-likeness (QED) is 0.800. The molecule has 2 rings (SSSR count). The van der Waals surface area contributed by atoms with Crippen molar-refractivity contribution in [2.45, 2.75) is 45.2 Å². The highest BCUT2D eigenvalue weighted by Crippen LogP contribution is 2.29. The summed E-state index contributed by atoms with van der Waals surface area (Å²) in [5.74, 6) is -1.49. The Bertz CT molecular complexity index is 370. The Labute approximate surface area is 119 Å². The number of carbonyl (C=O) groups excluding carboxylic acids is 1. The number of aliphatic carboxylic acids is 1. The largest absolute Gasteiger partial charge is 0.481 e. The van der Waals surface area contributed by atoms with Gasteiger partial charge in [0, 0.05) is 19.1 Å². The van der Waals surface area contributed by atoms with Crippen LogP contribution in [0.15, 0.2) is 0 Å². The van der Waals surface area contributed by atoms with Gasteiger partial charge < -0.3 is 19.6 Å². The fourth-order valence-electron chi connectivity index (χ4n) is 2.83. The lowest BCUT2D eigenvalue weighted by molar-refractivity contribution is -0.142. The van der Waals surface area contributed by atoms with E-state index >= 15 is 0 Å². The molecule has 1 saturated heterocycles. The summed E-state index contributed by atoms with van der Waals surface area (Å²) >= 11 is 0. The molecule has 0 aromatic heterocycles. The van der Waals surface area contributed by atoms with Gasteiger partial charge in [-0.15, -0.1) is 0 Å². The van der Waals surface area contributed by atoms with E-state index in [1.54, 1.807) is 4.90 Å². The van der Waals surface area contributed by atoms with Crippen LogP contribution in [-0.2, 0) is 9.53 Å². The molecule has 0 radical (unpaired) electrons. The molecule has 6 heteroatoms. The fraction of sp³-hybridized carbons (Fsp3) is 0.857. The van der Waals surface area contributed by atoms with Crippen LogP contribution in [0.5, 0.6) is 0 Å². The predicted molar refractivity (Wildman–Crippen MR) is 73.5 cm³/mol. The van der Waals surface area contributed by atoms with E-state index in [0.29, 0.717) is 25.7 Å². The molecular formula is C14H24N2O4. The van der Waals surface area contributed by atoms with Crippen molar-refractivity contribution in [3.63, 3.8) is 0 Å². The maximum Gasteiger partial charge on any atom is 0.320 e. The van der Waals surface area contributed by atoms with Crippen LogP contribution < -0.4 is 0 Å². The molecule has 2 unspecified atom stereocenters. The van der Waals surface area contributed by atoms with Crippen LogP contribution in [0.25, 0.3) is 0 Å². The third-order valence-corrected chi connectivity index (χ3v) is 4.05. The summed E-state index contributed by atoms with van der Waals surface area (Å²) in [4.78, 5) is 27.6. The molecule has 1 aliphatic heterocycles. The van der Waals surface area contributed by atoms with Crippen molar-refractivity contribution in [2.24, 2.45) is 5.92 Å². The topological polar surface area (TPSA) is 70.1 Å². The minimum Gasteiger partial charge on any atom is -0.481 e. The van der Waals surface area contributed by atoms with Gasteiger partial charge in [0.25, 0.3) is 0 Å². The molecule has 0 spiro atoms. The Morgan fingerprint density at radius 2 is 1.90 bits per heavy atom. The van der Waals surface area contributed by atoms with Crippen molar-refractivity contribution in [3.05, 3.63) is 0 Å². The maximum absolute atomic E-state index is 12.7. The molecule has 2 fully saturated rings. The summed E-state index contributed by atoms with van der Waals surface area (Å²) in [6, 6.07) is -0.0243. The van der Waals surface area contributed by atoms with Gasteiger partial charge in [0.2, 0.25) is 0 Å². The van der Waals surface area contributed by atoms with Gasteiger partial charge in [-0.2, -0.15) is 0 Å². The summed E-state index contributed by atoms with van der Waals surface area (Å²) in [6.45, 7) is 5.75. The first-order chi connectivity index (χ1) is 9.60. The van der Waals surface area contributed by atoms with E-state index in [4.69, 9.17) is 4.74 Å². The van der Waals surface area contributed by atoms with Gasteiger partial charge in [0.05, 0.1) is 19.3 Å². The van der Waals surface area contributed by atoms with Crippen LogP contribution in [-0.4, -0.2) is 65.3 Å². The van der Waals surface area contributed by atoms with Crippen molar-refractivity contribution in [3.8, 4) is 0 Å². The number of nitrogens with zero attached hydrogens (tertiary/aromatic N) is 2. The van der Waals surface area contributed by atoms with Gasteiger partial charge in [-0.1, -0.05) is 6.92 Å². The smallest absolute Gasteiger partial charge is 0.320 e. The van der Waals surface area contributed by atoms with Gasteiger partial charge in [-0.05, 0) is 26.2 Å².